The number of rotatable bonds is 3. The van der Waals surface area contributed by atoms with E-state index in [9.17, 15) is 0 Å². The molecule has 6 heteroatoms. The van der Waals surface area contributed by atoms with Gasteiger partial charge in [0.05, 0.1) is 30.6 Å². The normalized spacial score (nSPS) is 27.3. The summed E-state index contributed by atoms with van der Waals surface area (Å²) in [6.45, 7) is 4.42. The van der Waals surface area contributed by atoms with Crippen molar-refractivity contribution in [2.45, 2.75) is 31.4 Å². The Balaban J connectivity index is 1.41. The third kappa shape index (κ3) is 3.14. The van der Waals surface area contributed by atoms with Gasteiger partial charge in [-0.1, -0.05) is 18.2 Å². The zero-order valence-electron chi connectivity index (χ0n) is 13.9. The second-order valence-corrected chi connectivity index (χ2v) is 6.58. The second-order valence-electron chi connectivity index (χ2n) is 6.58. The molecule has 6 nitrogen and oxygen atoms in total. The maximum Gasteiger partial charge on any atom is 0.191 e. The summed E-state index contributed by atoms with van der Waals surface area (Å²) < 4.78 is 7.47. The maximum atomic E-state index is 6.19. The van der Waals surface area contributed by atoms with E-state index in [1.54, 1.807) is 0 Å². The van der Waals surface area contributed by atoms with Crippen LogP contribution in [0.1, 0.15) is 24.8 Å². The minimum Gasteiger partial charge on any atom is -0.375 e. The number of nitrogens with two attached hydrogens (primary N) is 1. The van der Waals surface area contributed by atoms with E-state index in [2.05, 4.69) is 35.3 Å². The zero-order valence-corrected chi connectivity index (χ0v) is 13.9. The van der Waals surface area contributed by atoms with Gasteiger partial charge in [-0.05, 0) is 31.0 Å². The lowest BCUT2D eigenvalue weighted by Gasteiger charge is -2.31. The molecule has 2 heterocycles. The van der Waals surface area contributed by atoms with Crippen molar-refractivity contribution in [2.75, 3.05) is 19.7 Å². The highest BCUT2D eigenvalue weighted by molar-refractivity contribution is 5.78. The van der Waals surface area contributed by atoms with Crippen molar-refractivity contribution < 1.29 is 4.74 Å². The van der Waals surface area contributed by atoms with Crippen LogP contribution in [0.3, 0.4) is 0 Å². The number of nitrogens with zero attached hydrogens (tertiary/aromatic N) is 4. The standard InChI is InChI=1S/C18H23N5O/c1-13-11-22(7-8-24-13)18(19)21-17-9-16(17)14-10-20-23(12-14)15-5-3-2-4-6-15/h2-6,10,12-13,16-17H,7-9,11H2,1H3,(H2,19,21)/t13?,16-,17+/m0/s1. The van der Waals surface area contributed by atoms with Gasteiger partial charge in [0, 0.05) is 25.2 Å². The van der Waals surface area contributed by atoms with Gasteiger partial charge in [-0.2, -0.15) is 5.10 Å². The van der Waals surface area contributed by atoms with Crippen LogP contribution in [-0.2, 0) is 4.74 Å². The average molecular weight is 325 g/mol. The minimum atomic E-state index is 0.214. The molecule has 4 rings (SSSR count). The van der Waals surface area contributed by atoms with Crippen molar-refractivity contribution in [1.82, 2.24) is 14.7 Å². The van der Waals surface area contributed by atoms with Gasteiger partial charge in [0.1, 0.15) is 0 Å². The molecule has 2 aliphatic rings. The van der Waals surface area contributed by atoms with E-state index in [0.717, 1.165) is 31.8 Å². The lowest BCUT2D eigenvalue weighted by atomic mass is 10.2. The van der Waals surface area contributed by atoms with Gasteiger partial charge in [0.15, 0.2) is 5.96 Å². The topological polar surface area (TPSA) is 68.7 Å². The summed E-state index contributed by atoms with van der Waals surface area (Å²) in [7, 11) is 0. The third-order valence-corrected chi connectivity index (χ3v) is 4.67. The molecule has 1 aliphatic carbocycles. The van der Waals surface area contributed by atoms with E-state index in [1.165, 1.54) is 5.56 Å². The SMILES string of the molecule is CC1CN(C(N)=N[C@@H]2C[C@H]2c2cnn(-c3ccccc3)c2)CCO1. The molecular formula is C18H23N5O. The molecule has 1 saturated heterocycles. The van der Waals surface area contributed by atoms with Crippen LogP contribution in [0, 0.1) is 0 Å². The first-order valence-corrected chi connectivity index (χ1v) is 8.50. The van der Waals surface area contributed by atoms with Crippen molar-refractivity contribution >= 4 is 5.96 Å². The van der Waals surface area contributed by atoms with Crippen molar-refractivity contribution in [2.24, 2.45) is 10.7 Å². The third-order valence-electron chi connectivity index (χ3n) is 4.67. The molecule has 0 amide bonds. The van der Waals surface area contributed by atoms with Gasteiger partial charge < -0.3 is 15.4 Å². The Kier molecular flexibility index (Phi) is 3.98. The molecule has 2 aromatic rings. The van der Waals surface area contributed by atoms with Gasteiger partial charge in [-0.25, -0.2) is 9.67 Å². The van der Waals surface area contributed by atoms with E-state index < -0.39 is 0 Å². The molecule has 1 aromatic heterocycles. The summed E-state index contributed by atoms with van der Waals surface area (Å²) in [5, 5.41) is 4.47. The number of aromatic nitrogens is 2. The highest BCUT2D eigenvalue weighted by atomic mass is 16.5. The highest BCUT2D eigenvalue weighted by Gasteiger charge is 2.40. The summed E-state index contributed by atoms with van der Waals surface area (Å²) in [6.07, 6.45) is 5.30. The van der Waals surface area contributed by atoms with Gasteiger partial charge in [-0.3, -0.25) is 0 Å². The van der Waals surface area contributed by atoms with E-state index in [1.807, 2.05) is 29.1 Å². The van der Waals surface area contributed by atoms with Crippen molar-refractivity contribution in [1.29, 1.82) is 0 Å². The van der Waals surface area contributed by atoms with Gasteiger partial charge in [0.2, 0.25) is 0 Å². The Morgan fingerprint density at radius 2 is 2.17 bits per heavy atom. The number of guanidine groups is 1. The van der Waals surface area contributed by atoms with Crippen LogP contribution in [0.2, 0.25) is 0 Å². The zero-order chi connectivity index (χ0) is 16.5. The average Bonchev–Trinajstić information content (AvgIpc) is 3.19. The fraction of sp³-hybridized carbons (Fsp3) is 0.444. The van der Waals surface area contributed by atoms with Crippen molar-refractivity contribution in [3.05, 3.63) is 48.3 Å². The van der Waals surface area contributed by atoms with Crippen LogP contribution in [0.5, 0.6) is 0 Å². The maximum absolute atomic E-state index is 6.19. The lowest BCUT2D eigenvalue weighted by Crippen LogP contribution is -2.48. The highest BCUT2D eigenvalue weighted by Crippen LogP contribution is 2.43. The lowest BCUT2D eigenvalue weighted by molar-refractivity contribution is 0.00528. The number of aliphatic imine (C=N–C) groups is 1. The van der Waals surface area contributed by atoms with E-state index in [4.69, 9.17) is 15.5 Å². The van der Waals surface area contributed by atoms with Gasteiger partial charge in [0.25, 0.3) is 0 Å². The molecule has 0 spiro atoms. The van der Waals surface area contributed by atoms with E-state index >= 15 is 0 Å². The number of para-hydroxylation sites is 1. The molecular weight excluding hydrogens is 302 g/mol. The molecule has 1 aromatic carbocycles. The molecule has 126 valence electrons. The van der Waals surface area contributed by atoms with Gasteiger partial charge in [-0.15, -0.1) is 0 Å². The van der Waals surface area contributed by atoms with Crippen LogP contribution in [-0.4, -0.2) is 52.5 Å². The number of morpholine rings is 1. The Morgan fingerprint density at radius 3 is 2.96 bits per heavy atom. The van der Waals surface area contributed by atoms with Crippen molar-refractivity contribution in [3.8, 4) is 5.69 Å². The molecule has 0 radical (unpaired) electrons. The minimum absolute atomic E-state index is 0.214. The first kappa shape index (κ1) is 15.2. The predicted molar refractivity (Wildman–Crippen MR) is 93.3 cm³/mol. The number of ether oxygens (including phenoxy) is 1. The number of hydrogen-bond acceptors (Lipinski definition) is 3. The van der Waals surface area contributed by atoms with Crippen LogP contribution in [0.15, 0.2) is 47.7 Å². The summed E-state index contributed by atoms with van der Waals surface area (Å²) in [5.74, 6) is 1.08. The largest absolute Gasteiger partial charge is 0.375 e. The first-order chi connectivity index (χ1) is 11.7. The van der Waals surface area contributed by atoms with Crippen LogP contribution in [0.25, 0.3) is 5.69 Å². The Hall–Kier alpha value is -2.34. The molecule has 2 N–H and O–H groups in total. The van der Waals surface area contributed by atoms with Crippen molar-refractivity contribution in [3.63, 3.8) is 0 Å². The predicted octanol–water partition coefficient (Wildman–Crippen LogP) is 1.76. The van der Waals surface area contributed by atoms with E-state index in [0.29, 0.717) is 11.9 Å². The fourth-order valence-electron chi connectivity index (χ4n) is 3.21. The van der Waals surface area contributed by atoms with E-state index in [-0.39, 0.29) is 12.1 Å². The van der Waals surface area contributed by atoms with Crippen LogP contribution in [0.4, 0.5) is 0 Å². The molecule has 2 fully saturated rings. The molecule has 3 atom stereocenters. The number of hydrogen-bond donors (Lipinski definition) is 1. The summed E-state index contributed by atoms with van der Waals surface area (Å²) in [5.41, 5.74) is 8.50. The monoisotopic (exact) mass is 325 g/mol. The molecule has 1 aliphatic heterocycles. The molecule has 1 saturated carbocycles. The van der Waals surface area contributed by atoms with Crippen LogP contribution < -0.4 is 5.73 Å². The van der Waals surface area contributed by atoms with Gasteiger partial charge >= 0.3 is 0 Å². The molecule has 1 unspecified atom stereocenters. The van der Waals surface area contributed by atoms with Crippen LogP contribution >= 0.6 is 0 Å². The first-order valence-electron chi connectivity index (χ1n) is 8.50. The number of benzene rings is 1. The molecule has 24 heavy (non-hydrogen) atoms. The second kappa shape index (κ2) is 6.28. The Bertz CT molecular complexity index is 726. The quantitative estimate of drug-likeness (QED) is 0.690. The summed E-state index contributed by atoms with van der Waals surface area (Å²) in [4.78, 5) is 6.84. The Morgan fingerprint density at radius 1 is 1.33 bits per heavy atom. The molecule has 0 bridgehead atoms. The fourth-order valence-corrected chi connectivity index (χ4v) is 3.21. The smallest absolute Gasteiger partial charge is 0.191 e. The Labute approximate surface area is 141 Å². The summed E-state index contributed by atoms with van der Waals surface area (Å²) >= 11 is 0. The summed E-state index contributed by atoms with van der Waals surface area (Å²) in [6, 6.07) is 10.4.